The quantitative estimate of drug-likeness (QED) is 0.472. The standard InChI is InChI=1S/C26H27F3N2O4S/c1-25(2,3)35-24(32)23-20(36(33,34)16-7-5-6-14(12-16)26(27,28)29)11-10-18-22(23)21-17-9-8-15(30-17)13-19(21)31(18)4/h5-7,10-12,15,17,30H,8-9,13H2,1-4H3. The first-order chi connectivity index (χ1) is 16.7. The monoisotopic (exact) mass is 520 g/mol. The van der Waals surface area contributed by atoms with Gasteiger partial charge in [-0.2, -0.15) is 13.2 Å². The van der Waals surface area contributed by atoms with Gasteiger partial charge >= 0.3 is 12.1 Å². The van der Waals surface area contributed by atoms with Crippen molar-refractivity contribution in [2.24, 2.45) is 7.05 Å². The number of carbonyl (C=O) groups is 1. The molecular weight excluding hydrogens is 493 g/mol. The van der Waals surface area contributed by atoms with Gasteiger partial charge in [-0.3, -0.25) is 0 Å². The first-order valence-corrected chi connectivity index (χ1v) is 13.2. The maximum absolute atomic E-state index is 13.8. The summed E-state index contributed by atoms with van der Waals surface area (Å²) < 4.78 is 75.3. The first kappa shape index (κ1) is 24.8. The SMILES string of the molecule is Cn1c2c(c3c(C(=O)OC(C)(C)C)c(S(=O)(=O)c4cccc(C(F)(F)F)c4)ccc31)C1CCC(C2)N1. The van der Waals surface area contributed by atoms with E-state index in [1.54, 1.807) is 26.8 Å². The summed E-state index contributed by atoms with van der Waals surface area (Å²) in [5.74, 6) is -0.827. The van der Waals surface area contributed by atoms with Gasteiger partial charge in [-0.1, -0.05) is 6.07 Å². The van der Waals surface area contributed by atoms with E-state index in [0.29, 0.717) is 23.0 Å². The second-order valence-electron chi connectivity index (χ2n) is 10.5. The van der Waals surface area contributed by atoms with Crippen molar-refractivity contribution >= 4 is 26.7 Å². The van der Waals surface area contributed by atoms with Gasteiger partial charge in [-0.15, -0.1) is 0 Å². The Kier molecular flexibility index (Phi) is 5.57. The molecule has 3 aromatic rings. The van der Waals surface area contributed by atoms with Gasteiger partial charge < -0.3 is 14.6 Å². The molecule has 6 nitrogen and oxygen atoms in total. The van der Waals surface area contributed by atoms with Crippen LogP contribution in [0, 0.1) is 0 Å². The number of aromatic nitrogens is 1. The van der Waals surface area contributed by atoms with E-state index in [2.05, 4.69) is 5.32 Å². The number of nitrogens with zero attached hydrogens (tertiary/aromatic N) is 1. The lowest BCUT2D eigenvalue weighted by atomic mass is 9.96. The molecule has 2 atom stereocenters. The van der Waals surface area contributed by atoms with Crippen LogP contribution in [0.3, 0.4) is 0 Å². The van der Waals surface area contributed by atoms with Crippen molar-refractivity contribution in [3.05, 3.63) is 58.8 Å². The topological polar surface area (TPSA) is 77.4 Å². The molecule has 0 spiro atoms. The third-order valence-electron chi connectivity index (χ3n) is 6.88. The summed E-state index contributed by atoms with van der Waals surface area (Å²) in [6.07, 6.45) is -2.17. The molecule has 1 N–H and O–H groups in total. The molecule has 1 aromatic heterocycles. The van der Waals surface area contributed by atoms with Crippen LogP contribution in [-0.2, 0) is 34.2 Å². The lowest BCUT2D eigenvalue weighted by Crippen LogP contribution is -2.32. The van der Waals surface area contributed by atoms with E-state index in [1.165, 1.54) is 6.07 Å². The van der Waals surface area contributed by atoms with Gasteiger partial charge in [0.2, 0.25) is 9.84 Å². The predicted octanol–water partition coefficient (Wildman–Crippen LogP) is 5.33. The zero-order valence-corrected chi connectivity index (χ0v) is 21.2. The zero-order chi connectivity index (χ0) is 26.2. The Morgan fingerprint density at radius 1 is 1.11 bits per heavy atom. The molecule has 2 bridgehead atoms. The van der Waals surface area contributed by atoms with Crippen molar-refractivity contribution in [2.45, 2.75) is 73.7 Å². The van der Waals surface area contributed by atoms with E-state index in [0.717, 1.165) is 48.7 Å². The number of alkyl halides is 3. The fourth-order valence-corrected chi connectivity index (χ4v) is 6.88. The highest BCUT2D eigenvalue weighted by Gasteiger charge is 2.40. The minimum absolute atomic E-state index is 0.0462. The highest BCUT2D eigenvalue weighted by molar-refractivity contribution is 7.91. The van der Waals surface area contributed by atoms with Gasteiger partial charge in [-0.25, -0.2) is 13.2 Å². The van der Waals surface area contributed by atoms with Crippen molar-refractivity contribution in [1.29, 1.82) is 0 Å². The summed E-state index contributed by atoms with van der Waals surface area (Å²) in [7, 11) is -2.63. The molecule has 0 amide bonds. The number of aryl methyl sites for hydroxylation is 1. The number of sulfone groups is 1. The summed E-state index contributed by atoms with van der Waals surface area (Å²) in [4.78, 5) is 12.7. The largest absolute Gasteiger partial charge is 0.456 e. The van der Waals surface area contributed by atoms with Crippen LogP contribution in [0.25, 0.3) is 10.9 Å². The number of halogens is 3. The summed E-state index contributed by atoms with van der Waals surface area (Å²) in [5, 5.41) is 4.02. The van der Waals surface area contributed by atoms with Crippen LogP contribution in [0.2, 0.25) is 0 Å². The fourth-order valence-electron chi connectivity index (χ4n) is 5.38. The van der Waals surface area contributed by atoms with Gasteiger partial charge in [0.1, 0.15) is 5.60 Å². The zero-order valence-electron chi connectivity index (χ0n) is 20.4. The number of benzene rings is 2. The number of hydrogen-bond acceptors (Lipinski definition) is 5. The van der Waals surface area contributed by atoms with E-state index in [9.17, 15) is 26.4 Å². The molecule has 3 heterocycles. The van der Waals surface area contributed by atoms with E-state index in [-0.39, 0.29) is 16.5 Å². The van der Waals surface area contributed by atoms with E-state index in [1.807, 2.05) is 11.6 Å². The van der Waals surface area contributed by atoms with Crippen LogP contribution in [0.4, 0.5) is 13.2 Å². The third kappa shape index (κ3) is 4.00. The Bertz CT molecular complexity index is 1500. The molecule has 0 saturated carbocycles. The number of esters is 1. The van der Waals surface area contributed by atoms with E-state index >= 15 is 0 Å². The lowest BCUT2D eigenvalue weighted by Gasteiger charge is -2.24. The van der Waals surface area contributed by atoms with Crippen LogP contribution in [0.1, 0.15) is 66.8 Å². The molecule has 0 radical (unpaired) electrons. The van der Waals surface area contributed by atoms with Crippen LogP contribution >= 0.6 is 0 Å². The number of rotatable bonds is 3. The third-order valence-corrected chi connectivity index (χ3v) is 8.68. The van der Waals surface area contributed by atoms with Crippen molar-refractivity contribution in [3.63, 3.8) is 0 Å². The van der Waals surface area contributed by atoms with Gasteiger partial charge in [0, 0.05) is 42.1 Å². The number of nitrogens with one attached hydrogen (secondary N) is 1. The van der Waals surface area contributed by atoms with Crippen molar-refractivity contribution in [2.75, 3.05) is 0 Å². The molecule has 36 heavy (non-hydrogen) atoms. The molecule has 192 valence electrons. The minimum Gasteiger partial charge on any atom is -0.456 e. The van der Waals surface area contributed by atoms with E-state index in [4.69, 9.17) is 4.74 Å². The maximum atomic E-state index is 13.8. The van der Waals surface area contributed by atoms with Crippen LogP contribution in [-0.4, -0.2) is 30.6 Å². The van der Waals surface area contributed by atoms with Gasteiger partial charge in [0.15, 0.2) is 0 Å². The molecule has 10 heteroatoms. The fraction of sp³-hybridized carbons (Fsp3) is 0.423. The van der Waals surface area contributed by atoms with Crippen molar-refractivity contribution in [1.82, 2.24) is 9.88 Å². The number of fused-ring (bicyclic) bond motifs is 6. The Labute approximate surface area is 207 Å². The average molecular weight is 521 g/mol. The number of hydrogen-bond donors (Lipinski definition) is 1. The minimum atomic E-state index is -4.72. The molecule has 2 unspecified atom stereocenters. The van der Waals surface area contributed by atoms with Gasteiger partial charge in [-0.05, 0) is 69.5 Å². The van der Waals surface area contributed by atoms with E-state index < -0.39 is 38.0 Å². The maximum Gasteiger partial charge on any atom is 0.416 e. The summed E-state index contributed by atoms with van der Waals surface area (Å²) in [6, 6.07) is 6.75. The Balaban J connectivity index is 1.81. The number of carbonyl (C=O) groups excluding carboxylic acids is 1. The van der Waals surface area contributed by atoms with Crippen LogP contribution in [0.5, 0.6) is 0 Å². The van der Waals surface area contributed by atoms with Crippen molar-refractivity contribution in [3.8, 4) is 0 Å². The van der Waals surface area contributed by atoms with Crippen LogP contribution in [0.15, 0.2) is 46.2 Å². The molecule has 2 aromatic carbocycles. The Hall–Kier alpha value is -2.85. The second kappa shape index (κ2) is 8.08. The highest BCUT2D eigenvalue weighted by atomic mass is 32.2. The summed E-state index contributed by atoms with van der Waals surface area (Å²) in [6.45, 7) is 5.03. The molecule has 1 fully saturated rings. The second-order valence-corrected chi connectivity index (χ2v) is 12.4. The van der Waals surface area contributed by atoms with Gasteiger partial charge in [0.25, 0.3) is 0 Å². The lowest BCUT2D eigenvalue weighted by molar-refractivity contribution is -0.137. The summed E-state index contributed by atoms with van der Waals surface area (Å²) in [5.41, 5.74) is 0.434. The first-order valence-electron chi connectivity index (χ1n) is 11.7. The van der Waals surface area contributed by atoms with Crippen molar-refractivity contribution < 1.29 is 31.1 Å². The van der Waals surface area contributed by atoms with Gasteiger partial charge in [0.05, 0.1) is 20.9 Å². The highest BCUT2D eigenvalue weighted by Crippen LogP contribution is 2.45. The average Bonchev–Trinajstić information content (AvgIpc) is 3.30. The summed E-state index contributed by atoms with van der Waals surface area (Å²) >= 11 is 0. The molecule has 5 rings (SSSR count). The normalized spacial score (nSPS) is 20.0. The molecule has 1 saturated heterocycles. The Morgan fingerprint density at radius 3 is 2.50 bits per heavy atom. The number of ether oxygens (including phenoxy) is 1. The molecule has 2 aliphatic rings. The molecule has 2 aliphatic heterocycles. The molecular formula is C26H27F3N2O4S. The molecule has 0 aliphatic carbocycles. The Morgan fingerprint density at radius 2 is 1.83 bits per heavy atom. The predicted molar refractivity (Wildman–Crippen MR) is 128 cm³/mol. The smallest absolute Gasteiger partial charge is 0.416 e. The van der Waals surface area contributed by atoms with Crippen LogP contribution < -0.4 is 5.32 Å².